The molecule has 0 atom stereocenters. The van der Waals surface area contributed by atoms with Gasteiger partial charge in [-0.3, -0.25) is 9.10 Å². The molecule has 0 heterocycles. The zero-order chi connectivity index (χ0) is 22.0. The molecule has 0 unspecified atom stereocenters. The number of carbonyl (C=O) groups is 1. The minimum Gasteiger partial charge on any atom is -0.484 e. The molecular formula is C21H27ClN2O5S. The third kappa shape index (κ3) is 8.22. The van der Waals surface area contributed by atoms with Crippen LogP contribution in [0.25, 0.3) is 0 Å². The van der Waals surface area contributed by atoms with Crippen LogP contribution in [-0.2, 0) is 26.1 Å². The number of hydrogen-bond donors (Lipinski definition) is 1. The van der Waals surface area contributed by atoms with Crippen LogP contribution >= 0.6 is 11.6 Å². The van der Waals surface area contributed by atoms with Crippen molar-refractivity contribution < 1.29 is 22.7 Å². The highest BCUT2D eigenvalue weighted by Crippen LogP contribution is 2.24. The van der Waals surface area contributed by atoms with E-state index in [1.54, 1.807) is 48.5 Å². The molecule has 9 heteroatoms. The average molecular weight is 455 g/mol. The van der Waals surface area contributed by atoms with E-state index in [9.17, 15) is 13.2 Å². The molecule has 0 spiro atoms. The van der Waals surface area contributed by atoms with Crippen molar-refractivity contribution in [3.8, 4) is 5.75 Å². The predicted octanol–water partition coefficient (Wildman–Crippen LogP) is 3.23. The monoisotopic (exact) mass is 454 g/mol. The van der Waals surface area contributed by atoms with E-state index in [0.717, 1.165) is 18.2 Å². The SMILES string of the molecule is CCOCCCNC(=O)COc1ccc(N(Cc2ccc(Cl)cc2)S(C)(=O)=O)cc1. The quantitative estimate of drug-likeness (QED) is 0.498. The standard InChI is InChI=1S/C21H27ClN2O5S/c1-3-28-14-4-13-23-21(25)16-29-20-11-9-19(10-12-20)24(30(2,26)27)15-17-5-7-18(22)8-6-17/h5-12H,3-4,13-16H2,1-2H3,(H,23,25). The maximum atomic E-state index is 12.3. The van der Waals surface area contributed by atoms with Gasteiger partial charge in [-0.15, -0.1) is 0 Å². The number of amides is 1. The number of sulfonamides is 1. The van der Waals surface area contributed by atoms with Crippen LogP contribution in [0.15, 0.2) is 48.5 Å². The lowest BCUT2D eigenvalue weighted by atomic mass is 10.2. The third-order valence-electron chi connectivity index (χ3n) is 4.13. The van der Waals surface area contributed by atoms with Crippen molar-refractivity contribution in [3.63, 3.8) is 0 Å². The third-order valence-corrected chi connectivity index (χ3v) is 5.52. The van der Waals surface area contributed by atoms with Gasteiger partial charge in [-0.2, -0.15) is 0 Å². The van der Waals surface area contributed by atoms with E-state index >= 15 is 0 Å². The number of nitrogens with zero attached hydrogens (tertiary/aromatic N) is 1. The lowest BCUT2D eigenvalue weighted by molar-refractivity contribution is -0.123. The van der Waals surface area contributed by atoms with Gasteiger partial charge in [0.05, 0.1) is 18.5 Å². The van der Waals surface area contributed by atoms with Gasteiger partial charge in [-0.05, 0) is 55.3 Å². The van der Waals surface area contributed by atoms with Crippen LogP contribution in [0.5, 0.6) is 5.75 Å². The highest BCUT2D eigenvalue weighted by atomic mass is 35.5. The van der Waals surface area contributed by atoms with E-state index < -0.39 is 10.0 Å². The minimum atomic E-state index is -3.50. The van der Waals surface area contributed by atoms with E-state index in [1.807, 2.05) is 6.92 Å². The number of ether oxygens (including phenoxy) is 2. The zero-order valence-electron chi connectivity index (χ0n) is 17.1. The van der Waals surface area contributed by atoms with Crippen LogP contribution in [0.1, 0.15) is 18.9 Å². The van der Waals surface area contributed by atoms with Gasteiger partial charge >= 0.3 is 0 Å². The topological polar surface area (TPSA) is 84.9 Å². The van der Waals surface area contributed by atoms with Crippen molar-refractivity contribution >= 4 is 33.2 Å². The second-order valence-electron chi connectivity index (χ2n) is 6.58. The summed E-state index contributed by atoms with van der Waals surface area (Å²) in [7, 11) is -3.50. The van der Waals surface area contributed by atoms with Gasteiger partial charge in [0.15, 0.2) is 6.61 Å². The molecule has 0 radical (unpaired) electrons. The van der Waals surface area contributed by atoms with Gasteiger partial charge in [-0.25, -0.2) is 8.42 Å². The first kappa shape index (κ1) is 24.0. The molecule has 0 aliphatic rings. The van der Waals surface area contributed by atoms with Gasteiger partial charge in [0.1, 0.15) is 5.75 Å². The molecule has 30 heavy (non-hydrogen) atoms. The Morgan fingerprint density at radius 2 is 1.77 bits per heavy atom. The molecule has 0 aliphatic carbocycles. The molecular weight excluding hydrogens is 428 g/mol. The summed E-state index contributed by atoms with van der Waals surface area (Å²) in [6.45, 7) is 3.77. The molecule has 1 amide bonds. The van der Waals surface area contributed by atoms with Crippen LogP contribution in [0.2, 0.25) is 5.02 Å². The first-order valence-corrected chi connectivity index (χ1v) is 11.8. The number of rotatable bonds is 12. The fourth-order valence-electron chi connectivity index (χ4n) is 2.61. The van der Waals surface area contributed by atoms with Crippen molar-refractivity contribution in [2.75, 3.05) is 36.9 Å². The number of halogens is 1. The molecule has 0 fully saturated rings. The summed E-state index contributed by atoms with van der Waals surface area (Å²) in [6.07, 6.45) is 1.90. The second-order valence-corrected chi connectivity index (χ2v) is 8.92. The Balaban J connectivity index is 1.93. The van der Waals surface area contributed by atoms with Gasteiger partial charge in [0.25, 0.3) is 5.91 Å². The van der Waals surface area contributed by atoms with Crippen LogP contribution in [0.3, 0.4) is 0 Å². The van der Waals surface area contributed by atoms with Gasteiger partial charge in [0.2, 0.25) is 10.0 Å². The molecule has 0 saturated heterocycles. The summed E-state index contributed by atoms with van der Waals surface area (Å²) in [6, 6.07) is 13.6. The van der Waals surface area contributed by atoms with Crippen molar-refractivity contribution in [2.24, 2.45) is 0 Å². The van der Waals surface area contributed by atoms with Crippen LogP contribution in [0, 0.1) is 0 Å². The summed E-state index contributed by atoms with van der Waals surface area (Å²) < 4.78 is 36.5. The average Bonchev–Trinajstić information content (AvgIpc) is 2.71. The Morgan fingerprint density at radius 3 is 2.37 bits per heavy atom. The van der Waals surface area contributed by atoms with E-state index in [-0.39, 0.29) is 19.1 Å². The highest BCUT2D eigenvalue weighted by Gasteiger charge is 2.18. The van der Waals surface area contributed by atoms with Crippen LogP contribution < -0.4 is 14.4 Å². The second kappa shape index (κ2) is 11.8. The Kier molecular flexibility index (Phi) is 9.42. The lowest BCUT2D eigenvalue weighted by Gasteiger charge is -2.23. The first-order valence-electron chi connectivity index (χ1n) is 9.59. The minimum absolute atomic E-state index is 0.117. The molecule has 2 aromatic rings. The summed E-state index contributed by atoms with van der Waals surface area (Å²) in [5.74, 6) is 0.249. The Morgan fingerprint density at radius 1 is 1.10 bits per heavy atom. The molecule has 164 valence electrons. The zero-order valence-corrected chi connectivity index (χ0v) is 18.7. The molecule has 0 aliphatic heterocycles. The number of hydrogen-bond acceptors (Lipinski definition) is 5. The molecule has 2 aromatic carbocycles. The van der Waals surface area contributed by atoms with Crippen molar-refractivity contribution in [2.45, 2.75) is 19.9 Å². The number of nitrogens with one attached hydrogen (secondary N) is 1. The van der Waals surface area contributed by atoms with E-state index in [4.69, 9.17) is 21.1 Å². The summed E-state index contributed by atoms with van der Waals surface area (Å²) in [5, 5.41) is 3.34. The largest absolute Gasteiger partial charge is 0.484 e. The maximum Gasteiger partial charge on any atom is 0.257 e. The fraction of sp³-hybridized carbons (Fsp3) is 0.381. The number of carbonyl (C=O) groups excluding carboxylic acids is 1. The Hall–Kier alpha value is -2.29. The van der Waals surface area contributed by atoms with Crippen LogP contribution in [0.4, 0.5) is 5.69 Å². The van der Waals surface area contributed by atoms with Crippen molar-refractivity contribution in [1.29, 1.82) is 0 Å². The Bertz CT molecular complexity index is 902. The molecule has 1 N–H and O–H groups in total. The molecule has 2 rings (SSSR count). The molecule has 7 nitrogen and oxygen atoms in total. The fourth-order valence-corrected chi connectivity index (χ4v) is 3.62. The Labute approximate surface area is 183 Å². The summed E-state index contributed by atoms with van der Waals surface area (Å²) in [5.41, 5.74) is 1.31. The number of benzene rings is 2. The van der Waals surface area contributed by atoms with E-state index in [2.05, 4.69) is 5.32 Å². The first-order chi connectivity index (χ1) is 14.3. The highest BCUT2D eigenvalue weighted by molar-refractivity contribution is 7.92. The maximum absolute atomic E-state index is 12.3. The van der Waals surface area contributed by atoms with Crippen LogP contribution in [-0.4, -0.2) is 46.9 Å². The van der Waals surface area contributed by atoms with Crippen molar-refractivity contribution in [3.05, 3.63) is 59.1 Å². The van der Waals surface area contributed by atoms with Crippen molar-refractivity contribution in [1.82, 2.24) is 5.32 Å². The molecule has 0 aromatic heterocycles. The molecule has 0 bridgehead atoms. The number of anilines is 1. The van der Waals surface area contributed by atoms with E-state index in [1.165, 1.54) is 4.31 Å². The normalized spacial score (nSPS) is 11.2. The van der Waals surface area contributed by atoms with Gasteiger partial charge in [-0.1, -0.05) is 23.7 Å². The van der Waals surface area contributed by atoms with Gasteiger partial charge in [0, 0.05) is 24.8 Å². The molecule has 0 saturated carbocycles. The summed E-state index contributed by atoms with van der Waals surface area (Å²) in [4.78, 5) is 11.8. The summed E-state index contributed by atoms with van der Waals surface area (Å²) >= 11 is 5.89. The predicted molar refractivity (Wildman–Crippen MR) is 119 cm³/mol. The van der Waals surface area contributed by atoms with E-state index in [0.29, 0.717) is 36.2 Å². The lowest BCUT2D eigenvalue weighted by Crippen LogP contribution is -2.30. The van der Waals surface area contributed by atoms with Gasteiger partial charge < -0.3 is 14.8 Å². The smallest absolute Gasteiger partial charge is 0.257 e.